The van der Waals surface area contributed by atoms with E-state index >= 15 is 0 Å². The minimum atomic E-state index is 0.193. The van der Waals surface area contributed by atoms with E-state index in [-0.39, 0.29) is 6.04 Å². The number of para-hydroxylation sites is 1. The van der Waals surface area contributed by atoms with E-state index in [1.165, 1.54) is 11.1 Å². The van der Waals surface area contributed by atoms with Crippen molar-refractivity contribution in [3.05, 3.63) is 58.1 Å². The van der Waals surface area contributed by atoms with Crippen LogP contribution in [0, 0.1) is 6.92 Å². The van der Waals surface area contributed by atoms with E-state index in [1.807, 2.05) is 25.1 Å². The Bertz CT molecular complexity index is 583. The molecule has 0 aromatic heterocycles. The third-order valence-corrected chi connectivity index (χ3v) is 4.12. The molecule has 0 aliphatic rings. The molecule has 2 aromatic rings. The SMILES string of the molecule is CCOc1ccccc1C(C)Nc1ccc(Br)c(C)c1. The summed E-state index contributed by atoms with van der Waals surface area (Å²) in [5.74, 6) is 0.948. The molecule has 0 bridgehead atoms. The standard InChI is InChI=1S/C17H20BrNO/c1-4-20-17-8-6-5-7-15(17)13(3)19-14-9-10-16(18)12(2)11-14/h5-11,13,19H,4H2,1-3H3. The first-order valence-corrected chi connectivity index (χ1v) is 7.65. The van der Waals surface area contributed by atoms with Crippen LogP contribution in [0.3, 0.4) is 0 Å². The molecule has 106 valence electrons. The summed E-state index contributed by atoms with van der Waals surface area (Å²) >= 11 is 3.52. The summed E-state index contributed by atoms with van der Waals surface area (Å²) in [6, 6.07) is 14.7. The number of anilines is 1. The fourth-order valence-corrected chi connectivity index (χ4v) is 2.43. The zero-order chi connectivity index (χ0) is 14.5. The molecule has 2 aromatic carbocycles. The smallest absolute Gasteiger partial charge is 0.124 e. The van der Waals surface area contributed by atoms with Crippen LogP contribution >= 0.6 is 15.9 Å². The van der Waals surface area contributed by atoms with Crippen molar-refractivity contribution in [2.45, 2.75) is 26.8 Å². The lowest BCUT2D eigenvalue weighted by molar-refractivity contribution is 0.335. The molecule has 0 radical (unpaired) electrons. The second kappa shape index (κ2) is 6.80. The van der Waals surface area contributed by atoms with Crippen molar-refractivity contribution in [1.82, 2.24) is 0 Å². The highest BCUT2D eigenvalue weighted by Gasteiger charge is 2.11. The first-order valence-electron chi connectivity index (χ1n) is 6.86. The van der Waals surface area contributed by atoms with Gasteiger partial charge in [0, 0.05) is 15.7 Å². The molecule has 0 heterocycles. The largest absolute Gasteiger partial charge is 0.494 e. The Morgan fingerprint density at radius 3 is 2.65 bits per heavy atom. The van der Waals surface area contributed by atoms with E-state index in [4.69, 9.17) is 4.74 Å². The van der Waals surface area contributed by atoms with Gasteiger partial charge in [0.05, 0.1) is 12.6 Å². The van der Waals surface area contributed by atoms with Gasteiger partial charge in [-0.15, -0.1) is 0 Å². The molecule has 1 unspecified atom stereocenters. The number of benzene rings is 2. The topological polar surface area (TPSA) is 21.3 Å². The molecule has 20 heavy (non-hydrogen) atoms. The molecule has 2 rings (SSSR count). The van der Waals surface area contributed by atoms with Crippen LogP contribution in [0.25, 0.3) is 0 Å². The molecule has 0 saturated heterocycles. The first kappa shape index (κ1) is 14.9. The van der Waals surface area contributed by atoms with Gasteiger partial charge in [-0.3, -0.25) is 0 Å². The Balaban J connectivity index is 2.19. The fourth-order valence-electron chi connectivity index (χ4n) is 2.19. The summed E-state index contributed by atoms with van der Waals surface area (Å²) < 4.78 is 6.82. The van der Waals surface area contributed by atoms with Crippen molar-refractivity contribution in [1.29, 1.82) is 0 Å². The number of halogens is 1. The maximum absolute atomic E-state index is 5.69. The maximum atomic E-state index is 5.69. The fraction of sp³-hybridized carbons (Fsp3) is 0.294. The highest BCUT2D eigenvalue weighted by Crippen LogP contribution is 2.29. The number of rotatable bonds is 5. The van der Waals surface area contributed by atoms with E-state index in [0.717, 1.165) is 15.9 Å². The highest BCUT2D eigenvalue weighted by atomic mass is 79.9. The van der Waals surface area contributed by atoms with Crippen LogP contribution in [0.15, 0.2) is 46.9 Å². The first-order chi connectivity index (χ1) is 9.61. The Labute approximate surface area is 129 Å². The van der Waals surface area contributed by atoms with E-state index < -0.39 is 0 Å². The lowest BCUT2D eigenvalue weighted by Crippen LogP contribution is -2.09. The van der Waals surface area contributed by atoms with E-state index in [9.17, 15) is 0 Å². The molecule has 3 heteroatoms. The van der Waals surface area contributed by atoms with Crippen molar-refractivity contribution in [2.75, 3.05) is 11.9 Å². The predicted octanol–water partition coefficient (Wildman–Crippen LogP) is 5.33. The minimum absolute atomic E-state index is 0.193. The van der Waals surface area contributed by atoms with Crippen LogP contribution in [-0.4, -0.2) is 6.61 Å². The van der Waals surface area contributed by atoms with E-state index in [0.29, 0.717) is 6.61 Å². The third-order valence-electron chi connectivity index (χ3n) is 3.23. The average molecular weight is 334 g/mol. The van der Waals surface area contributed by atoms with Crippen molar-refractivity contribution in [3.8, 4) is 5.75 Å². The molecule has 0 fully saturated rings. The lowest BCUT2D eigenvalue weighted by Gasteiger charge is -2.19. The number of nitrogens with one attached hydrogen (secondary N) is 1. The zero-order valence-electron chi connectivity index (χ0n) is 12.1. The molecule has 1 N–H and O–H groups in total. The molecule has 0 spiro atoms. The van der Waals surface area contributed by atoms with E-state index in [2.05, 4.69) is 59.4 Å². The summed E-state index contributed by atoms with van der Waals surface area (Å²) in [5.41, 5.74) is 3.51. The molecule has 0 aliphatic heterocycles. The van der Waals surface area contributed by atoms with E-state index in [1.54, 1.807) is 0 Å². The summed E-state index contributed by atoms with van der Waals surface area (Å²) in [5, 5.41) is 3.52. The van der Waals surface area contributed by atoms with Crippen LogP contribution in [0.2, 0.25) is 0 Å². The molecule has 0 saturated carbocycles. The highest BCUT2D eigenvalue weighted by molar-refractivity contribution is 9.10. The van der Waals surface area contributed by atoms with Gasteiger partial charge in [-0.05, 0) is 50.6 Å². The third kappa shape index (κ3) is 3.54. The van der Waals surface area contributed by atoms with Gasteiger partial charge in [0.2, 0.25) is 0 Å². The van der Waals surface area contributed by atoms with Crippen LogP contribution in [0.1, 0.15) is 31.0 Å². The second-order valence-electron chi connectivity index (χ2n) is 4.80. The number of ether oxygens (including phenoxy) is 1. The number of hydrogen-bond acceptors (Lipinski definition) is 2. The van der Waals surface area contributed by atoms with Crippen molar-refractivity contribution < 1.29 is 4.74 Å². The molecule has 0 aliphatic carbocycles. The Morgan fingerprint density at radius 1 is 1.20 bits per heavy atom. The van der Waals surface area contributed by atoms with Crippen molar-refractivity contribution >= 4 is 21.6 Å². The predicted molar refractivity (Wildman–Crippen MR) is 88.5 cm³/mol. The summed E-state index contributed by atoms with van der Waals surface area (Å²) in [6.45, 7) is 6.93. The average Bonchev–Trinajstić information content (AvgIpc) is 2.44. The Hall–Kier alpha value is -1.48. The molecular formula is C17H20BrNO. The molecular weight excluding hydrogens is 314 g/mol. The van der Waals surface area contributed by atoms with Gasteiger partial charge in [0.1, 0.15) is 5.75 Å². The molecule has 1 atom stereocenters. The van der Waals surface area contributed by atoms with Gasteiger partial charge >= 0.3 is 0 Å². The normalized spacial score (nSPS) is 12.0. The summed E-state index contributed by atoms with van der Waals surface area (Å²) in [4.78, 5) is 0. The Kier molecular flexibility index (Phi) is 5.07. The van der Waals surface area contributed by atoms with Crippen molar-refractivity contribution in [2.24, 2.45) is 0 Å². The van der Waals surface area contributed by atoms with Gasteiger partial charge in [0.25, 0.3) is 0 Å². The van der Waals surface area contributed by atoms with Gasteiger partial charge in [0.15, 0.2) is 0 Å². The quantitative estimate of drug-likeness (QED) is 0.798. The van der Waals surface area contributed by atoms with Crippen LogP contribution in [0.4, 0.5) is 5.69 Å². The maximum Gasteiger partial charge on any atom is 0.124 e. The van der Waals surface area contributed by atoms with Crippen LogP contribution in [0.5, 0.6) is 5.75 Å². The van der Waals surface area contributed by atoms with Gasteiger partial charge < -0.3 is 10.1 Å². The lowest BCUT2D eigenvalue weighted by atomic mass is 10.1. The van der Waals surface area contributed by atoms with Crippen LogP contribution in [-0.2, 0) is 0 Å². The molecule has 2 nitrogen and oxygen atoms in total. The van der Waals surface area contributed by atoms with Gasteiger partial charge in [-0.1, -0.05) is 34.1 Å². The van der Waals surface area contributed by atoms with Crippen LogP contribution < -0.4 is 10.1 Å². The summed E-state index contributed by atoms with van der Waals surface area (Å²) in [7, 11) is 0. The van der Waals surface area contributed by atoms with Crippen molar-refractivity contribution in [3.63, 3.8) is 0 Å². The Morgan fingerprint density at radius 2 is 1.95 bits per heavy atom. The number of hydrogen-bond donors (Lipinski definition) is 1. The minimum Gasteiger partial charge on any atom is -0.494 e. The zero-order valence-corrected chi connectivity index (χ0v) is 13.7. The molecule has 0 amide bonds. The second-order valence-corrected chi connectivity index (χ2v) is 5.66. The van der Waals surface area contributed by atoms with Gasteiger partial charge in [-0.25, -0.2) is 0 Å². The van der Waals surface area contributed by atoms with Gasteiger partial charge in [-0.2, -0.15) is 0 Å². The monoisotopic (exact) mass is 333 g/mol. The summed E-state index contributed by atoms with van der Waals surface area (Å²) in [6.07, 6.45) is 0. The number of aryl methyl sites for hydroxylation is 1.